The topological polar surface area (TPSA) is 58.5 Å². The lowest BCUT2D eigenvalue weighted by Crippen LogP contribution is -2.24. The van der Waals surface area contributed by atoms with Crippen LogP contribution in [-0.4, -0.2) is 25.8 Å². The van der Waals surface area contributed by atoms with E-state index < -0.39 is 0 Å². The van der Waals surface area contributed by atoms with Crippen molar-refractivity contribution >= 4 is 0 Å². The number of nitrogens with one attached hydrogen (secondary N) is 2. The number of nitrogens with zero attached hydrogens (tertiary/aromatic N) is 3. The second kappa shape index (κ2) is 5.57. The lowest BCUT2D eigenvalue weighted by Gasteiger charge is -2.08. The highest BCUT2D eigenvalue weighted by Gasteiger charge is 2.13. The Balaban J connectivity index is 2.17. The first kappa shape index (κ1) is 13.8. The van der Waals surface area contributed by atoms with Gasteiger partial charge in [-0.1, -0.05) is 6.92 Å². The average molecular weight is 261 g/mol. The summed E-state index contributed by atoms with van der Waals surface area (Å²) in [5.74, 6) is 0.970. The number of H-pyrrole nitrogens is 1. The first-order valence-corrected chi connectivity index (χ1v) is 6.80. The van der Waals surface area contributed by atoms with Crippen LogP contribution in [0.1, 0.15) is 37.5 Å². The van der Waals surface area contributed by atoms with E-state index in [4.69, 9.17) is 0 Å². The summed E-state index contributed by atoms with van der Waals surface area (Å²) in [4.78, 5) is 7.81. The van der Waals surface area contributed by atoms with Gasteiger partial charge in [-0.2, -0.15) is 5.10 Å². The summed E-state index contributed by atoms with van der Waals surface area (Å²) in [6.07, 6.45) is 3.01. The van der Waals surface area contributed by atoms with Gasteiger partial charge >= 0.3 is 0 Å². The normalized spacial score (nSPS) is 12.9. The van der Waals surface area contributed by atoms with Gasteiger partial charge in [0.15, 0.2) is 0 Å². The van der Waals surface area contributed by atoms with Crippen molar-refractivity contribution in [1.29, 1.82) is 0 Å². The van der Waals surface area contributed by atoms with Crippen molar-refractivity contribution in [2.24, 2.45) is 7.05 Å². The largest absolute Gasteiger partial charge is 0.341 e. The molecule has 0 fully saturated rings. The predicted octanol–water partition coefficient (Wildman–Crippen LogP) is 2.32. The number of aromatic amines is 1. The lowest BCUT2D eigenvalue weighted by atomic mass is 10.1. The van der Waals surface area contributed by atoms with Crippen LogP contribution in [0.5, 0.6) is 0 Å². The summed E-state index contributed by atoms with van der Waals surface area (Å²) in [6.45, 7) is 9.23. The summed E-state index contributed by atoms with van der Waals surface area (Å²) in [5, 5.41) is 7.87. The Morgan fingerprint density at radius 2 is 2.16 bits per heavy atom. The minimum Gasteiger partial charge on any atom is -0.341 e. The first-order valence-electron chi connectivity index (χ1n) is 6.80. The molecule has 2 aromatic heterocycles. The van der Waals surface area contributed by atoms with Crippen LogP contribution < -0.4 is 5.32 Å². The Labute approximate surface area is 114 Å². The third-order valence-electron chi connectivity index (χ3n) is 3.64. The van der Waals surface area contributed by atoms with Gasteiger partial charge in [0.25, 0.3) is 0 Å². The standard InChI is InChI=1S/C14H23N5/c1-6-9(2)15-8-13-16-7-12(17-13)14-10(3)18-19(5)11(14)4/h7,9,15H,6,8H2,1-5H3,(H,16,17). The summed E-state index contributed by atoms with van der Waals surface area (Å²) in [6, 6.07) is 0.510. The smallest absolute Gasteiger partial charge is 0.120 e. The molecule has 0 spiro atoms. The molecule has 5 heteroatoms. The Morgan fingerprint density at radius 1 is 1.42 bits per heavy atom. The van der Waals surface area contributed by atoms with Crippen molar-refractivity contribution in [1.82, 2.24) is 25.1 Å². The summed E-state index contributed by atoms with van der Waals surface area (Å²) in [5.41, 5.74) is 4.39. The van der Waals surface area contributed by atoms with Gasteiger partial charge in [0.1, 0.15) is 5.82 Å². The van der Waals surface area contributed by atoms with E-state index in [0.29, 0.717) is 6.04 Å². The molecule has 19 heavy (non-hydrogen) atoms. The lowest BCUT2D eigenvalue weighted by molar-refractivity contribution is 0.525. The van der Waals surface area contributed by atoms with Crippen LogP contribution in [0, 0.1) is 13.8 Å². The molecule has 0 amide bonds. The molecule has 0 aliphatic carbocycles. The molecule has 0 saturated carbocycles. The van der Waals surface area contributed by atoms with E-state index in [1.54, 1.807) is 0 Å². The molecule has 0 saturated heterocycles. The van der Waals surface area contributed by atoms with Crippen molar-refractivity contribution in [2.45, 2.75) is 46.7 Å². The minimum atomic E-state index is 0.510. The van der Waals surface area contributed by atoms with Gasteiger partial charge in [0.2, 0.25) is 0 Å². The average Bonchev–Trinajstić information content (AvgIpc) is 2.92. The summed E-state index contributed by atoms with van der Waals surface area (Å²) < 4.78 is 1.91. The number of rotatable bonds is 5. The van der Waals surface area contributed by atoms with Gasteiger partial charge in [0.05, 0.1) is 24.1 Å². The first-order chi connectivity index (χ1) is 9.02. The number of aromatic nitrogens is 4. The van der Waals surface area contributed by atoms with E-state index in [0.717, 1.165) is 41.4 Å². The molecular weight excluding hydrogens is 238 g/mol. The molecule has 0 bridgehead atoms. The maximum Gasteiger partial charge on any atom is 0.120 e. The van der Waals surface area contributed by atoms with E-state index in [-0.39, 0.29) is 0 Å². The molecule has 2 aromatic rings. The van der Waals surface area contributed by atoms with Gasteiger partial charge in [-0.3, -0.25) is 4.68 Å². The molecule has 2 N–H and O–H groups in total. The maximum atomic E-state index is 4.44. The van der Waals surface area contributed by atoms with E-state index in [1.807, 2.05) is 24.9 Å². The third kappa shape index (κ3) is 2.87. The highest BCUT2D eigenvalue weighted by Crippen LogP contribution is 2.24. The van der Waals surface area contributed by atoms with Gasteiger partial charge in [0, 0.05) is 24.3 Å². The Hall–Kier alpha value is -1.62. The highest BCUT2D eigenvalue weighted by molar-refractivity contribution is 5.64. The molecule has 104 valence electrons. The van der Waals surface area contributed by atoms with E-state index in [1.165, 1.54) is 0 Å². The summed E-state index contributed by atoms with van der Waals surface area (Å²) in [7, 11) is 1.97. The van der Waals surface area contributed by atoms with Crippen molar-refractivity contribution in [3.63, 3.8) is 0 Å². The molecule has 2 heterocycles. The van der Waals surface area contributed by atoms with Gasteiger partial charge < -0.3 is 10.3 Å². The van der Waals surface area contributed by atoms with Crippen LogP contribution in [0.4, 0.5) is 0 Å². The fourth-order valence-electron chi connectivity index (χ4n) is 2.16. The van der Waals surface area contributed by atoms with Crippen molar-refractivity contribution in [3.05, 3.63) is 23.4 Å². The number of imidazole rings is 1. The Bertz CT molecular complexity index is 552. The monoisotopic (exact) mass is 261 g/mol. The number of hydrogen-bond acceptors (Lipinski definition) is 3. The van der Waals surface area contributed by atoms with Crippen molar-refractivity contribution < 1.29 is 0 Å². The number of hydrogen-bond donors (Lipinski definition) is 2. The zero-order valence-corrected chi connectivity index (χ0v) is 12.4. The van der Waals surface area contributed by atoms with E-state index in [9.17, 15) is 0 Å². The van der Waals surface area contributed by atoms with Gasteiger partial charge in [-0.25, -0.2) is 4.98 Å². The predicted molar refractivity (Wildman–Crippen MR) is 76.9 cm³/mol. The van der Waals surface area contributed by atoms with Crippen LogP contribution in [0.15, 0.2) is 6.20 Å². The van der Waals surface area contributed by atoms with Crippen LogP contribution in [0.3, 0.4) is 0 Å². The van der Waals surface area contributed by atoms with Gasteiger partial charge in [-0.15, -0.1) is 0 Å². The molecule has 0 aromatic carbocycles. The second-order valence-electron chi connectivity index (χ2n) is 5.10. The van der Waals surface area contributed by atoms with Crippen LogP contribution >= 0.6 is 0 Å². The SMILES string of the molecule is CCC(C)NCc1ncc(-c2c(C)nn(C)c2C)[nH]1. The quantitative estimate of drug-likeness (QED) is 0.868. The molecule has 0 radical (unpaired) electrons. The molecule has 0 aliphatic rings. The highest BCUT2D eigenvalue weighted by atomic mass is 15.3. The minimum absolute atomic E-state index is 0.510. The summed E-state index contributed by atoms with van der Waals surface area (Å²) >= 11 is 0. The van der Waals surface area contributed by atoms with Crippen molar-refractivity contribution in [3.8, 4) is 11.3 Å². The van der Waals surface area contributed by atoms with Gasteiger partial charge in [-0.05, 0) is 27.2 Å². The third-order valence-corrected chi connectivity index (χ3v) is 3.64. The van der Waals surface area contributed by atoms with Crippen LogP contribution in [-0.2, 0) is 13.6 Å². The number of aryl methyl sites for hydroxylation is 2. The van der Waals surface area contributed by atoms with E-state index >= 15 is 0 Å². The fourth-order valence-corrected chi connectivity index (χ4v) is 2.16. The molecule has 1 unspecified atom stereocenters. The maximum absolute atomic E-state index is 4.44. The molecule has 5 nitrogen and oxygen atoms in total. The fraction of sp³-hybridized carbons (Fsp3) is 0.571. The van der Waals surface area contributed by atoms with Crippen LogP contribution in [0.25, 0.3) is 11.3 Å². The molecular formula is C14H23N5. The van der Waals surface area contributed by atoms with Crippen molar-refractivity contribution in [2.75, 3.05) is 0 Å². The van der Waals surface area contributed by atoms with Crippen LogP contribution in [0.2, 0.25) is 0 Å². The van der Waals surface area contributed by atoms with E-state index in [2.05, 4.69) is 41.2 Å². The zero-order chi connectivity index (χ0) is 14.0. The second-order valence-corrected chi connectivity index (χ2v) is 5.10. The molecule has 2 rings (SSSR count). The Morgan fingerprint density at radius 3 is 2.74 bits per heavy atom. The zero-order valence-electron chi connectivity index (χ0n) is 12.4. The molecule has 0 aliphatic heterocycles. The Kier molecular flexibility index (Phi) is 4.04. The molecule has 1 atom stereocenters.